The molecule has 2 aliphatic rings. The summed E-state index contributed by atoms with van der Waals surface area (Å²) in [6, 6.07) is 10.3. The van der Waals surface area contributed by atoms with Gasteiger partial charge < -0.3 is 0 Å². The Morgan fingerprint density at radius 1 is 0.588 bits per heavy atom. The van der Waals surface area contributed by atoms with Crippen LogP contribution < -0.4 is 0 Å². The van der Waals surface area contributed by atoms with Crippen LogP contribution in [0.4, 0.5) is 0 Å². The van der Waals surface area contributed by atoms with Crippen molar-refractivity contribution in [3.63, 3.8) is 0 Å². The van der Waals surface area contributed by atoms with Crippen LogP contribution in [0.2, 0.25) is 0 Å². The van der Waals surface area contributed by atoms with Gasteiger partial charge in [0, 0.05) is 0 Å². The molecule has 0 fully saturated rings. The standard InChI is InChI=1S/2C16H21.Hf.H3Si/c2*1-10(2)13-8-14-6-12(5)7-16(14)15(9-13)11(3)4;;/h2*6-11H,1-5H3;;1H3. The Hall–Kier alpha value is -0.993. The molecular weight excluding hydrogens is 591 g/mol. The van der Waals surface area contributed by atoms with E-state index in [2.05, 4.69) is 106 Å². The van der Waals surface area contributed by atoms with Gasteiger partial charge in [-0.15, -0.1) is 0 Å². The van der Waals surface area contributed by atoms with Crippen LogP contribution >= 0.6 is 0 Å². The molecule has 0 saturated carbocycles. The summed E-state index contributed by atoms with van der Waals surface area (Å²) in [5, 5.41) is 0. The third-order valence-electron chi connectivity index (χ3n) is 8.30. The second-order valence-electron chi connectivity index (χ2n) is 12.2. The van der Waals surface area contributed by atoms with Gasteiger partial charge in [0.1, 0.15) is 0 Å². The fourth-order valence-corrected chi connectivity index (χ4v) is 31.1. The maximum absolute atomic E-state index is 2.62. The van der Waals surface area contributed by atoms with Crippen molar-refractivity contribution in [1.29, 1.82) is 0 Å². The second-order valence-corrected chi connectivity index (χ2v) is 31.2. The van der Waals surface area contributed by atoms with Crippen LogP contribution in [-0.4, -0.2) is 7.43 Å². The molecule has 2 atom stereocenters. The van der Waals surface area contributed by atoms with Crippen molar-refractivity contribution in [3.05, 3.63) is 79.9 Å². The number of hydrogen-bond donors (Lipinski definition) is 0. The zero-order valence-corrected chi connectivity index (χ0v) is 29.0. The minimum absolute atomic E-state index is 0.578. The summed E-state index contributed by atoms with van der Waals surface area (Å²) in [5.41, 5.74) is 16.1. The molecule has 0 aromatic heterocycles. The minimum atomic E-state index is -2.05. The zero-order chi connectivity index (χ0) is 25.1. The van der Waals surface area contributed by atoms with Crippen molar-refractivity contribution in [2.24, 2.45) is 0 Å². The van der Waals surface area contributed by atoms with Crippen LogP contribution in [-0.2, 0) is 20.6 Å². The van der Waals surface area contributed by atoms with E-state index in [1.54, 1.807) is 55.7 Å². The molecule has 0 radical (unpaired) electrons. The first kappa shape index (κ1) is 26.1. The summed E-state index contributed by atoms with van der Waals surface area (Å²) >= 11 is -2.05. The van der Waals surface area contributed by atoms with E-state index in [9.17, 15) is 0 Å². The van der Waals surface area contributed by atoms with Gasteiger partial charge >= 0.3 is 220 Å². The van der Waals surface area contributed by atoms with E-state index in [0.717, 1.165) is 7.35 Å². The average molecular weight is 636 g/mol. The molecule has 0 amide bonds. The van der Waals surface area contributed by atoms with Crippen LogP contribution in [0.3, 0.4) is 0 Å². The van der Waals surface area contributed by atoms with Crippen LogP contribution in [0.25, 0.3) is 12.2 Å². The van der Waals surface area contributed by atoms with Gasteiger partial charge in [-0.05, 0) is 0 Å². The summed E-state index contributed by atoms with van der Waals surface area (Å²) in [6.07, 6.45) is 5.17. The summed E-state index contributed by atoms with van der Waals surface area (Å²) in [4.78, 5) is 0. The normalized spacial score (nSPS) is 19.4. The van der Waals surface area contributed by atoms with Gasteiger partial charge in [-0.3, -0.25) is 0 Å². The van der Waals surface area contributed by atoms with E-state index in [4.69, 9.17) is 0 Å². The molecule has 2 unspecified atom stereocenters. The topological polar surface area (TPSA) is 0 Å². The van der Waals surface area contributed by atoms with Gasteiger partial charge in [-0.2, -0.15) is 0 Å². The summed E-state index contributed by atoms with van der Waals surface area (Å²) in [6.45, 7) is 23.8. The SMILES string of the molecule is CC1=Cc2c(C(C)C)cc(C(C)C)cc2[CH]1[Hf]([SiH3])[CH]1C(C)=Cc2c(C(C)C)cc(C(C)C)cc21. The first-order chi connectivity index (χ1) is 15.9. The van der Waals surface area contributed by atoms with E-state index in [0.29, 0.717) is 23.7 Å². The molecule has 2 aromatic rings. The van der Waals surface area contributed by atoms with E-state index < -0.39 is 20.6 Å². The quantitative estimate of drug-likeness (QED) is 0.279. The Balaban J connectivity index is 1.85. The summed E-state index contributed by atoms with van der Waals surface area (Å²) in [5.74, 6) is 2.33. The fraction of sp³-hybridized carbons (Fsp3) is 0.500. The zero-order valence-electron chi connectivity index (χ0n) is 23.4. The van der Waals surface area contributed by atoms with Crippen molar-refractivity contribution in [3.8, 4) is 0 Å². The molecule has 0 nitrogen and oxygen atoms in total. The van der Waals surface area contributed by atoms with Crippen LogP contribution in [0.1, 0.15) is 145 Å². The van der Waals surface area contributed by atoms with Gasteiger partial charge in [0.25, 0.3) is 0 Å². The molecule has 2 heteroatoms. The predicted octanol–water partition coefficient (Wildman–Crippen LogP) is 8.70. The Morgan fingerprint density at radius 3 is 1.24 bits per heavy atom. The van der Waals surface area contributed by atoms with Gasteiger partial charge in [0.05, 0.1) is 0 Å². The Morgan fingerprint density at radius 2 is 0.941 bits per heavy atom. The predicted molar refractivity (Wildman–Crippen MR) is 152 cm³/mol. The van der Waals surface area contributed by atoms with Crippen LogP contribution in [0.15, 0.2) is 35.4 Å². The molecule has 2 aliphatic carbocycles. The summed E-state index contributed by atoms with van der Waals surface area (Å²) < 4.78 is 1.51. The molecule has 0 bridgehead atoms. The molecule has 181 valence electrons. The number of fused-ring (bicyclic) bond motifs is 2. The molecule has 0 heterocycles. The second kappa shape index (κ2) is 9.81. The van der Waals surface area contributed by atoms with Crippen LogP contribution in [0.5, 0.6) is 0 Å². The van der Waals surface area contributed by atoms with Crippen molar-refractivity contribution >= 4 is 19.6 Å². The first-order valence-corrected chi connectivity index (χ1v) is 29.4. The van der Waals surface area contributed by atoms with E-state index in [-0.39, 0.29) is 0 Å². The number of rotatable bonds is 6. The Kier molecular flexibility index (Phi) is 7.53. The average Bonchev–Trinajstić information content (AvgIpc) is 3.26. The van der Waals surface area contributed by atoms with Crippen molar-refractivity contribution < 1.29 is 20.6 Å². The van der Waals surface area contributed by atoms with Gasteiger partial charge in [0.15, 0.2) is 0 Å². The third-order valence-corrected chi connectivity index (χ3v) is 29.8. The molecule has 4 rings (SSSR count). The van der Waals surface area contributed by atoms with Gasteiger partial charge in [0.2, 0.25) is 0 Å². The van der Waals surface area contributed by atoms with Crippen molar-refractivity contribution in [1.82, 2.24) is 0 Å². The molecule has 0 N–H and O–H groups in total. The van der Waals surface area contributed by atoms with Crippen molar-refractivity contribution in [2.45, 2.75) is 100 Å². The number of hydrogen-bond acceptors (Lipinski definition) is 0. The van der Waals surface area contributed by atoms with Gasteiger partial charge in [-0.25, -0.2) is 0 Å². The molecular formula is C32H45HfSi. The Bertz CT molecular complexity index is 1070. The van der Waals surface area contributed by atoms with E-state index in [1.807, 2.05) is 0 Å². The Labute approximate surface area is 219 Å². The molecule has 34 heavy (non-hydrogen) atoms. The van der Waals surface area contributed by atoms with E-state index in [1.165, 1.54) is 7.43 Å². The van der Waals surface area contributed by atoms with Gasteiger partial charge in [-0.1, -0.05) is 0 Å². The number of benzene rings is 2. The van der Waals surface area contributed by atoms with Crippen molar-refractivity contribution in [2.75, 3.05) is 0 Å². The molecule has 0 spiro atoms. The molecule has 0 saturated heterocycles. The first-order valence-electron chi connectivity index (χ1n) is 13.5. The summed E-state index contributed by atoms with van der Waals surface area (Å²) in [7, 11) is 1.40. The molecule has 2 aromatic carbocycles. The monoisotopic (exact) mass is 637 g/mol. The number of allylic oxidation sites excluding steroid dienone is 2. The fourth-order valence-electron chi connectivity index (χ4n) is 6.37. The maximum atomic E-state index is 2.62. The third kappa shape index (κ3) is 4.47. The van der Waals surface area contributed by atoms with E-state index >= 15 is 0 Å². The molecule has 0 aliphatic heterocycles. The van der Waals surface area contributed by atoms with Crippen LogP contribution in [0, 0.1) is 0 Å².